The Morgan fingerprint density at radius 3 is 2.61 bits per heavy atom. The highest BCUT2D eigenvalue weighted by molar-refractivity contribution is 9.10. The van der Waals surface area contributed by atoms with Gasteiger partial charge in [0.05, 0.1) is 13.7 Å². The van der Waals surface area contributed by atoms with E-state index < -0.39 is 55.4 Å². The molecule has 152 valence electrons. The number of rotatable bonds is 7. The lowest BCUT2D eigenvalue weighted by Crippen LogP contribution is -2.39. The molecule has 0 aliphatic carbocycles. The Balaban J connectivity index is 2.00. The van der Waals surface area contributed by atoms with Crippen LogP contribution in [0.25, 0.3) is 0 Å². The maximum atomic E-state index is 12.5. The van der Waals surface area contributed by atoms with Crippen molar-refractivity contribution in [3.8, 4) is 5.75 Å². The van der Waals surface area contributed by atoms with Gasteiger partial charge < -0.3 is 15.4 Å². The van der Waals surface area contributed by atoms with E-state index in [4.69, 9.17) is 4.74 Å². The summed E-state index contributed by atoms with van der Waals surface area (Å²) < 4.78 is 42.1. The topological polar surface area (TPSA) is 105 Å². The minimum atomic E-state index is -5.05. The summed E-state index contributed by atoms with van der Waals surface area (Å²) in [4.78, 5) is 47.9. The average molecular weight is 466 g/mol. The van der Waals surface area contributed by atoms with Crippen LogP contribution in [0.2, 0.25) is 0 Å². The molecule has 1 aliphatic heterocycles. The SMILES string of the molecule is COc1ccc(Br)cc1C1NC(=O)N(CC(=O)CCNC(=O)C(F)(F)F)C1=O. The summed E-state index contributed by atoms with van der Waals surface area (Å²) in [6, 6.07) is 2.97. The van der Waals surface area contributed by atoms with Crippen LogP contribution >= 0.6 is 15.9 Å². The number of ketones is 1. The smallest absolute Gasteiger partial charge is 0.471 e. The molecule has 2 rings (SSSR count). The van der Waals surface area contributed by atoms with E-state index in [0.29, 0.717) is 20.7 Å². The molecule has 0 spiro atoms. The Kier molecular flexibility index (Phi) is 6.65. The van der Waals surface area contributed by atoms with Crippen molar-refractivity contribution in [3.05, 3.63) is 28.2 Å². The number of carbonyl (C=O) groups is 4. The standard InChI is InChI=1S/C16H15BrF3N3O5/c1-28-11-3-2-8(17)6-10(11)12-13(25)23(15(27)22-12)7-9(24)4-5-21-14(26)16(18,19)20/h2-3,6,12H,4-5,7H2,1H3,(H,21,26)(H,22,27). The number of benzene rings is 1. The summed E-state index contributed by atoms with van der Waals surface area (Å²) in [5.41, 5.74) is 0.377. The molecular formula is C16H15BrF3N3O5. The van der Waals surface area contributed by atoms with Gasteiger partial charge in [0.1, 0.15) is 11.8 Å². The highest BCUT2D eigenvalue weighted by atomic mass is 79.9. The Labute approximate surface area is 165 Å². The maximum absolute atomic E-state index is 12.5. The molecule has 0 saturated carbocycles. The Hall–Kier alpha value is -2.63. The molecule has 1 atom stereocenters. The van der Waals surface area contributed by atoms with Crippen LogP contribution < -0.4 is 15.4 Å². The van der Waals surface area contributed by atoms with Crippen LogP contribution in [0.5, 0.6) is 5.75 Å². The molecule has 8 nitrogen and oxygen atoms in total. The molecule has 1 aromatic rings. The largest absolute Gasteiger partial charge is 0.496 e. The molecule has 1 aromatic carbocycles. The summed E-state index contributed by atoms with van der Waals surface area (Å²) in [5.74, 6) is -3.20. The fourth-order valence-corrected chi connectivity index (χ4v) is 2.86. The molecule has 1 aliphatic rings. The number of urea groups is 1. The summed E-state index contributed by atoms with van der Waals surface area (Å²) in [6.07, 6.45) is -5.52. The third-order valence-corrected chi connectivity index (χ3v) is 4.30. The van der Waals surface area contributed by atoms with E-state index in [0.717, 1.165) is 0 Å². The zero-order chi connectivity index (χ0) is 21.1. The fourth-order valence-electron chi connectivity index (χ4n) is 2.48. The zero-order valence-electron chi connectivity index (χ0n) is 14.4. The predicted molar refractivity (Wildman–Crippen MR) is 92.4 cm³/mol. The Bertz CT molecular complexity index is 815. The van der Waals surface area contributed by atoms with Gasteiger partial charge in [-0.05, 0) is 18.2 Å². The van der Waals surface area contributed by atoms with E-state index in [1.54, 1.807) is 23.5 Å². The van der Waals surface area contributed by atoms with Gasteiger partial charge in [-0.3, -0.25) is 19.3 Å². The molecular weight excluding hydrogens is 451 g/mol. The number of methoxy groups -OCH3 is 1. The molecule has 1 saturated heterocycles. The lowest BCUT2D eigenvalue weighted by Gasteiger charge is -2.15. The first-order valence-electron chi connectivity index (χ1n) is 7.86. The number of carbonyl (C=O) groups excluding carboxylic acids is 4. The third-order valence-electron chi connectivity index (χ3n) is 3.81. The summed E-state index contributed by atoms with van der Waals surface area (Å²) in [6.45, 7) is -1.19. The van der Waals surface area contributed by atoms with Gasteiger partial charge in [0.15, 0.2) is 5.78 Å². The first-order chi connectivity index (χ1) is 13.0. The quantitative estimate of drug-likeness (QED) is 0.596. The van der Waals surface area contributed by atoms with E-state index in [1.165, 1.54) is 7.11 Å². The van der Waals surface area contributed by atoms with Gasteiger partial charge in [-0.2, -0.15) is 13.2 Å². The van der Waals surface area contributed by atoms with Crippen LogP contribution in [-0.4, -0.2) is 54.9 Å². The van der Waals surface area contributed by atoms with Crippen molar-refractivity contribution in [2.75, 3.05) is 20.2 Å². The average Bonchev–Trinajstić information content (AvgIpc) is 2.88. The van der Waals surface area contributed by atoms with Crippen LogP contribution in [0.1, 0.15) is 18.0 Å². The van der Waals surface area contributed by atoms with Crippen LogP contribution in [0.3, 0.4) is 0 Å². The second kappa shape index (κ2) is 8.59. The van der Waals surface area contributed by atoms with Crippen LogP contribution in [0, 0.1) is 0 Å². The van der Waals surface area contributed by atoms with E-state index in [-0.39, 0.29) is 0 Å². The van der Waals surface area contributed by atoms with Crippen LogP contribution in [0.15, 0.2) is 22.7 Å². The molecule has 12 heteroatoms. The number of nitrogens with one attached hydrogen (secondary N) is 2. The van der Waals surface area contributed by atoms with Gasteiger partial charge in [-0.25, -0.2) is 4.79 Å². The van der Waals surface area contributed by atoms with Crippen molar-refractivity contribution >= 4 is 39.6 Å². The van der Waals surface area contributed by atoms with Crippen LogP contribution in [-0.2, 0) is 14.4 Å². The molecule has 2 N–H and O–H groups in total. The predicted octanol–water partition coefficient (Wildman–Crippen LogP) is 1.69. The van der Waals surface area contributed by atoms with Crippen molar-refractivity contribution in [1.82, 2.24) is 15.5 Å². The number of amides is 4. The van der Waals surface area contributed by atoms with Gasteiger partial charge in [0.2, 0.25) is 0 Å². The Morgan fingerprint density at radius 1 is 1.32 bits per heavy atom. The number of hydrogen-bond donors (Lipinski definition) is 2. The number of nitrogens with zero attached hydrogens (tertiary/aromatic N) is 1. The van der Waals surface area contributed by atoms with Gasteiger partial charge in [-0.1, -0.05) is 15.9 Å². The van der Waals surface area contributed by atoms with E-state index in [9.17, 15) is 32.3 Å². The second-order valence-corrected chi connectivity index (χ2v) is 6.65. The number of hydrogen-bond acceptors (Lipinski definition) is 5. The van der Waals surface area contributed by atoms with Gasteiger partial charge in [0, 0.05) is 23.0 Å². The number of imide groups is 1. The van der Waals surface area contributed by atoms with Gasteiger partial charge in [-0.15, -0.1) is 0 Å². The molecule has 28 heavy (non-hydrogen) atoms. The van der Waals surface area contributed by atoms with Gasteiger partial charge in [0.25, 0.3) is 5.91 Å². The van der Waals surface area contributed by atoms with Crippen molar-refractivity contribution < 1.29 is 37.1 Å². The molecule has 0 aromatic heterocycles. The van der Waals surface area contributed by atoms with Crippen molar-refractivity contribution in [2.45, 2.75) is 18.6 Å². The summed E-state index contributed by atoms with van der Waals surface area (Å²) in [7, 11) is 1.39. The minimum Gasteiger partial charge on any atom is -0.496 e. The Morgan fingerprint density at radius 2 is 2.00 bits per heavy atom. The van der Waals surface area contributed by atoms with Crippen molar-refractivity contribution in [1.29, 1.82) is 0 Å². The normalized spacial score (nSPS) is 16.8. The van der Waals surface area contributed by atoms with Crippen molar-refractivity contribution in [3.63, 3.8) is 0 Å². The summed E-state index contributed by atoms with van der Waals surface area (Å²) in [5, 5.41) is 3.98. The second-order valence-electron chi connectivity index (χ2n) is 5.74. The molecule has 0 bridgehead atoms. The number of alkyl halides is 3. The highest BCUT2D eigenvalue weighted by Crippen LogP contribution is 2.32. The number of halogens is 4. The number of Topliss-reactive ketones (excluding diaryl/α,β-unsaturated/α-hetero) is 1. The third kappa shape index (κ3) is 5.00. The maximum Gasteiger partial charge on any atom is 0.471 e. The molecule has 1 fully saturated rings. The van der Waals surface area contributed by atoms with E-state index in [2.05, 4.69) is 21.2 Å². The molecule has 4 amide bonds. The fraction of sp³-hybridized carbons (Fsp3) is 0.375. The molecule has 0 radical (unpaired) electrons. The minimum absolute atomic E-state index is 0.352. The van der Waals surface area contributed by atoms with E-state index >= 15 is 0 Å². The lowest BCUT2D eigenvalue weighted by atomic mass is 10.1. The van der Waals surface area contributed by atoms with Crippen molar-refractivity contribution in [2.24, 2.45) is 0 Å². The number of ether oxygens (including phenoxy) is 1. The lowest BCUT2D eigenvalue weighted by molar-refractivity contribution is -0.173. The monoisotopic (exact) mass is 465 g/mol. The zero-order valence-corrected chi connectivity index (χ0v) is 16.0. The van der Waals surface area contributed by atoms with E-state index in [1.807, 2.05) is 0 Å². The first-order valence-corrected chi connectivity index (χ1v) is 8.66. The molecule has 1 unspecified atom stereocenters. The highest BCUT2D eigenvalue weighted by Gasteiger charge is 2.41. The van der Waals surface area contributed by atoms with Crippen LogP contribution in [0.4, 0.5) is 18.0 Å². The molecule has 1 heterocycles. The summed E-state index contributed by atoms with van der Waals surface area (Å²) >= 11 is 3.26. The van der Waals surface area contributed by atoms with Gasteiger partial charge >= 0.3 is 18.1 Å². The first kappa shape index (κ1) is 21.7.